The van der Waals surface area contributed by atoms with Gasteiger partial charge in [0.05, 0.1) is 11.8 Å². The molecule has 36 heavy (non-hydrogen) atoms. The van der Waals surface area contributed by atoms with Crippen LogP contribution in [0.5, 0.6) is 0 Å². The highest BCUT2D eigenvalue weighted by Gasteiger charge is 2.29. The number of likely N-dealkylation sites (tertiary alicyclic amines) is 1. The quantitative estimate of drug-likeness (QED) is 0.380. The molecule has 0 unspecified atom stereocenters. The Kier molecular flexibility index (Phi) is 5.64. The first-order valence-corrected chi connectivity index (χ1v) is 12.3. The molecule has 6 rings (SSSR count). The Morgan fingerprint density at radius 3 is 2.67 bits per heavy atom. The standard InChI is InChI=1S/C25H27N11/c1-2-29-23-24-30-14-19(11-27)36(24)33-25(32-23)31-17-3-4-22-21(9-17)16(10-26)15-35(22)18-5-7-34(8-6-18)20-12-28-13-20/h3-4,9,14-15,18,20,28H,2,5-8,12-13H2,1H3,(H2,29,31,32,33). The fourth-order valence-electron chi connectivity index (χ4n) is 5.21. The van der Waals surface area contributed by atoms with E-state index in [0.29, 0.717) is 47.3 Å². The molecular formula is C25H27N11. The maximum absolute atomic E-state index is 9.86. The minimum Gasteiger partial charge on any atom is -0.367 e. The monoisotopic (exact) mass is 481 g/mol. The van der Waals surface area contributed by atoms with Crippen molar-refractivity contribution in [2.75, 3.05) is 43.4 Å². The lowest BCUT2D eigenvalue weighted by Crippen LogP contribution is -2.58. The van der Waals surface area contributed by atoms with E-state index in [1.54, 1.807) is 0 Å². The summed E-state index contributed by atoms with van der Waals surface area (Å²) < 4.78 is 3.76. The molecule has 3 aromatic heterocycles. The number of aromatic nitrogens is 5. The molecular weight excluding hydrogens is 454 g/mol. The van der Waals surface area contributed by atoms with Gasteiger partial charge >= 0.3 is 0 Å². The lowest BCUT2D eigenvalue weighted by molar-refractivity contribution is 0.102. The molecule has 4 aromatic rings. The Labute approximate surface area is 208 Å². The molecule has 2 fully saturated rings. The summed E-state index contributed by atoms with van der Waals surface area (Å²) in [5.41, 5.74) is 3.31. The van der Waals surface area contributed by atoms with E-state index < -0.39 is 0 Å². The van der Waals surface area contributed by atoms with Gasteiger partial charge in [-0.25, -0.2) is 4.98 Å². The molecule has 0 bridgehead atoms. The van der Waals surface area contributed by atoms with Gasteiger partial charge < -0.3 is 20.5 Å². The Balaban J connectivity index is 1.29. The van der Waals surface area contributed by atoms with E-state index in [2.05, 4.69) is 58.7 Å². The fraction of sp³-hybridized carbons (Fsp3) is 0.400. The molecule has 0 spiro atoms. The highest BCUT2D eigenvalue weighted by Crippen LogP contribution is 2.33. The molecule has 5 heterocycles. The number of rotatable bonds is 6. The SMILES string of the molecule is CCNc1nc(Nc2ccc3c(c2)c(C#N)cn3C2CCN(C3CNC3)CC2)nn2c(C#N)cnc12. The van der Waals surface area contributed by atoms with Crippen LogP contribution in [0.1, 0.15) is 37.1 Å². The summed E-state index contributed by atoms with van der Waals surface area (Å²) in [6, 6.07) is 11.6. The zero-order valence-corrected chi connectivity index (χ0v) is 20.1. The van der Waals surface area contributed by atoms with E-state index in [4.69, 9.17) is 0 Å². The highest BCUT2D eigenvalue weighted by atomic mass is 15.4. The van der Waals surface area contributed by atoms with Gasteiger partial charge in [-0.05, 0) is 38.0 Å². The van der Waals surface area contributed by atoms with Gasteiger partial charge in [0.15, 0.2) is 17.2 Å². The van der Waals surface area contributed by atoms with Crippen LogP contribution in [0, 0.1) is 22.7 Å². The summed E-state index contributed by atoms with van der Waals surface area (Å²) in [5, 5.41) is 34.4. The van der Waals surface area contributed by atoms with Gasteiger partial charge in [0.1, 0.15) is 12.1 Å². The van der Waals surface area contributed by atoms with E-state index in [-0.39, 0.29) is 0 Å². The zero-order chi connectivity index (χ0) is 24.6. The maximum Gasteiger partial charge on any atom is 0.247 e. The number of nitriles is 2. The number of benzene rings is 1. The van der Waals surface area contributed by atoms with Crippen LogP contribution in [0.25, 0.3) is 16.6 Å². The predicted molar refractivity (Wildman–Crippen MR) is 136 cm³/mol. The molecule has 0 amide bonds. The van der Waals surface area contributed by atoms with E-state index in [1.807, 2.05) is 25.3 Å². The third-order valence-electron chi connectivity index (χ3n) is 7.20. The number of hydrogen-bond donors (Lipinski definition) is 3. The number of hydrogen-bond acceptors (Lipinski definition) is 9. The third kappa shape index (κ3) is 3.79. The minimum atomic E-state index is 0.327. The lowest BCUT2D eigenvalue weighted by atomic mass is 10.0. The van der Waals surface area contributed by atoms with Crippen molar-refractivity contribution in [2.24, 2.45) is 0 Å². The summed E-state index contributed by atoms with van der Waals surface area (Å²) in [5.74, 6) is 0.883. The normalized spacial score (nSPS) is 17.1. The van der Waals surface area contributed by atoms with Gasteiger partial charge in [-0.1, -0.05) is 0 Å². The van der Waals surface area contributed by atoms with E-state index >= 15 is 0 Å². The van der Waals surface area contributed by atoms with Crippen LogP contribution < -0.4 is 16.0 Å². The number of piperidine rings is 1. The Bertz CT molecular complexity index is 1510. The number of nitrogens with zero attached hydrogens (tertiary/aromatic N) is 8. The summed E-state index contributed by atoms with van der Waals surface area (Å²) in [6.45, 7) is 6.99. The molecule has 11 heteroatoms. The van der Waals surface area contributed by atoms with Crippen LogP contribution in [0.2, 0.25) is 0 Å². The van der Waals surface area contributed by atoms with E-state index in [0.717, 1.165) is 55.6 Å². The van der Waals surface area contributed by atoms with E-state index in [9.17, 15) is 10.5 Å². The predicted octanol–water partition coefficient (Wildman–Crippen LogP) is 2.61. The Hall–Kier alpha value is -4.19. The third-order valence-corrected chi connectivity index (χ3v) is 7.20. The van der Waals surface area contributed by atoms with Crippen LogP contribution in [0.4, 0.5) is 17.5 Å². The molecule has 3 N–H and O–H groups in total. The molecule has 0 radical (unpaired) electrons. The Morgan fingerprint density at radius 2 is 1.97 bits per heavy atom. The van der Waals surface area contributed by atoms with Crippen molar-refractivity contribution in [3.8, 4) is 12.1 Å². The van der Waals surface area contributed by atoms with Crippen LogP contribution in [-0.4, -0.2) is 67.8 Å². The second kappa shape index (κ2) is 9.11. The van der Waals surface area contributed by atoms with Crippen molar-refractivity contribution in [3.63, 3.8) is 0 Å². The topological polar surface area (TPSA) is 135 Å². The maximum atomic E-state index is 9.86. The summed E-state index contributed by atoms with van der Waals surface area (Å²) in [4.78, 5) is 11.4. The molecule has 2 aliphatic rings. The molecule has 2 aliphatic heterocycles. The van der Waals surface area contributed by atoms with Gasteiger partial charge in [-0.2, -0.15) is 20.0 Å². The summed E-state index contributed by atoms with van der Waals surface area (Å²) >= 11 is 0. The van der Waals surface area contributed by atoms with Gasteiger partial charge in [-0.15, -0.1) is 5.10 Å². The second-order valence-corrected chi connectivity index (χ2v) is 9.30. The average molecular weight is 482 g/mol. The summed E-state index contributed by atoms with van der Waals surface area (Å²) in [6.07, 6.45) is 5.64. The van der Waals surface area contributed by atoms with Crippen molar-refractivity contribution < 1.29 is 0 Å². The van der Waals surface area contributed by atoms with Crippen molar-refractivity contribution in [1.82, 2.24) is 34.4 Å². The number of nitrogens with one attached hydrogen (secondary N) is 3. The second-order valence-electron chi connectivity index (χ2n) is 9.30. The van der Waals surface area contributed by atoms with Crippen LogP contribution in [-0.2, 0) is 0 Å². The van der Waals surface area contributed by atoms with Gasteiger partial charge in [0.2, 0.25) is 5.95 Å². The zero-order valence-electron chi connectivity index (χ0n) is 20.1. The highest BCUT2D eigenvalue weighted by molar-refractivity contribution is 5.90. The number of anilines is 3. The first-order valence-electron chi connectivity index (χ1n) is 12.3. The summed E-state index contributed by atoms with van der Waals surface area (Å²) in [7, 11) is 0. The first kappa shape index (κ1) is 22.3. The van der Waals surface area contributed by atoms with Gasteiger partial charge in [0, 0.05) is 67.6 Å². The van der Waals surface area contributed by atoms with Crippen LogP contribution in [0.3, 0.4) is 0 Å². The molecule has 0 saturated carbocycles. The van der Waals surface area contributed by atoms with Crippen molar-refractivity contribution in [3.05, 3.63) is 41.9 Å². The fourth-order valence-corrected chi connectivity index (χ4v) is 5.21. The minimum absolute atomic E-state index is 0.327. The van der Waals surface area contributed by atoms with Crippen LogP contribution >= 0.6 is 0 Å². The van der Waals surface area contributed by atoms with Crippen molar-refractivity contribution in [1.29, 1.82) is 10.5 Å². The first-order chi connectivity index (χ1) is 17.7. The van der Waals surface area contributed by atoms with Crippen molar-refractivity contribution >= 4 is 34.0 Å². The van der Waals surface area contributed by atoms with E-state index in [1.165, 1.54) is 10.7 Å². The molecule has 0 atom stereocenters. The molecule has 0 aliphatic carbocycles. The lowest BCUT2D eigenvalue weighted by Gasteiger charge is -2.42. The molecule has 2 saturated heterocycles. The van der Waals surface area contributed by atoms with Crippen LogP contribution in [0.15, 0.2) is 30.6 Å². The average Bonchev–Trinajstić information content (AvgIpc) is 3.45. The Morgan fingerprint density at radius 1 is 1.14 bits per heavy atom. The van der Waals surface area contributed by atoms with Gasteiger partial charge in [-0.3, -0.25) is 4.90 Å². The number of imidazole rings is 1. The molecule has 11 nitrogen and oxygen atoms in total. The number of fused-ring (bicyclic) bond motifs is 2. The van der Waals surface area contributed by atoms with Gasteiger partial charge in [0.25, 0.3) is 0 Å². The largest absolute Gasteiger partial charge is 0.367 e. The molecule has 1 aromatic carbocycles. The smallest absolute Gasteiger partial charge is 0.247 e. The molecule has 182 valence electrons. The van der Waals surface area contributed by atoms with Crippen molar-refractivity contribution in [2.45, 2.75) is 31.8 Å².